The smallest absolute Gasteiger partial charge is 0.317 e. The fraction of sp³-hybridized carbons (Fsp3) is 1.00. The average Bonchev–Trinajstić information content (AvgIpc) is 3.86. The van der Waals surface area contributed by atoms with Crippen molar-refractivity contribution < 1.29 is 35.4 Å². The largest absolute Gasteiger partial charge is 0.416 e. The highest BCUT2D eigenvalue weighted by Gasteiger charge is 2.58. The van der Waals surface area contributed by atoms with Crippen LogP contribution in [0.1, 0.15) is 96.3 Å². The fourth-order valence-electron chi connectivity index (χ4n) is 11.1. The van der Waals surface area contributed by atoms with E-state index in [9.17, 15) is 0 Å². The van der Waals surface area contributed by atoms with Crippen molar-refractivity contribution in [3.8, 4) is 0 Å². The van der Waals surface area contributed by atoms with Crippen LogP contribution < -0.4 is 0 Å². The second-order valence-electron chi connectivity index (χ2n) is 18.3. The molecule has 14 unspecified atom stereocenters. The van der Waals surface area contributed by atoms with Crippen LogP contribution in [0, 0.1) is 23.7 Å². The maximum Gasteiger partial charge on any atom is 0.317 e. The third kappa shape index (κ3) is 7.84. The summed E-state index contributed by atoms with van der Waals surface area (Å²) in [6, 6.07) is 4.19. The van der Waals surface area contributed by atoms with Crippen molar-refractivity contribution in [1.82, 2.24) is 0 Å². The van der Waals surface area contributed by atoms with Crippen LogP contribution in [-0.4, -0.2) is 83.1 Å². The van der Waals surface area contributed by atoms with Gasteiger partial charge in [0, 0.05) is 0 Å². The Balaban J connectivity index is 0.943. The predicted molar refractivity (Wildman–Crippen MR) is 188 cm³/mol. The summed E-state index contributed by atoms with van der Waals surface area (Å²) >= 11 is 0. The number of fused-ring (bicyclic) bond motifs is 4. The molecule has 5 heterocycles. The Morgan fingerprint density at radius 3 is 1.06 bits per heavy atom. The maximum absolute atomic E-state index is 7.65. The van der Waals surface area contributed by atoms with Crippen LogP contribution in [0.2, 0.25) is 50.4 Å². The number of ether oxygens (including phenoxy) is 4. The van der Waals surface area contributed by atoms with Crippen LogP contribution in [0.15, 0.2) is 0 Å². The third-order valence-corrected chi connectivity index (χ3v) is 32.6. The van der Waals surface area contributed by atoms with Crippen molar-refractivity contribution in [2.45, 2.75) is 196 Å². The maximum atomic E-state index is 7.65. The molecule has 14 atom stereocenters. The molecule has 0 bridgehead atoms. The van der Waals surface area contributed by atoms with Crippen molar-refractivity contribution in [1.29, 1.82) is 0 Å². The van der Waals surface area contributed by atoms with Crippen LogP contribution in [0.4, 0.5) is 0 Å². The summed E-state index contributed by atoms with van der Waals surface area (Å²) in [5.41, 5.74) is 0. The number of hydrogen-bond donors (Lipinski definition) is 0. The molecule has 0 amide bonds. The standard InChI is InChI=1S/C35H62O8Si4/c1-44(17-13-24-5-9-28-32(21-24)36-28)40-45(2,18-14-25-6-10-29-33(22-25)37-29)42-47(4,20-16-27-8-12-31-35(27)39-31)43-46(3,41-44)19-15-26-7-11-30-34(23-26)38-30/h24-35H,5-23H2,1-4H3. The Labute approximate surface area is 288 Å². The van der Waals surface area contributed by atoms with Gasteiger partial charge in [0.25, 0.3) is 0 Å². The molecule has 9 rings (SSSR count). The lowest BCUT2D eigenvalue weighted by atomic mass is 9.88. The van der Waals surface area contributed by atoms with Gasteiger partial charge in [-0.1, -0.05) is 0 Å². The molecule has 0 aromatic heterocycles. The van der Waals surface area contributed by atoms with Gasteiger partial charge in [-0.3, -0.25) is 0 Å². The Morgan fingerprint density at radius 2 is 0.745 bits per heavy atom. The van der Waals surface area contributed by atoms with Crippen LogP contribution >= 0.6 is 0 Å². The Kier molecular flexibility index (Phi) is 8.95. The minimum absolute atomic E-state index is 0.493. The SMILES string of the molecule is C[Si]1(CCC2CCC3OC3C2)O[Si](C)(CCC2CCC3OC3C2)O[Si](C)(CCC2CCC3OC23)O[Si](C)(CCC2CCC3OC3C2)O1. The van der Waals surface area contributed by atoms with Gasteiger partial charge < -0.3 is 35.4 Å². The first-order chi connectivity index (χ1) is 22.5. The molecule has 12 heteroatoms. The van der Waals surface area contributed by atoms with E-state index in [0.29, 0.717) is 54.7 Å². The molecule has 4 aliphatic carbocycles. The van der Waals surface area contributed by atoms with Crippen LogP contribution in [0.5, 0.6) is 0 Å². The highest BCUT2D eigenvalue weighted by atomic mass is 28.5. The molecule has 0 spiro atoms. The highest BCUT2D eigenvalue weighted by molar-refractivity contribution is 6.93. The minimum Gasteiger partial charge on any atom is -0.416 e. The summed E-state index contributed by atoms with van der Waals surface area (Å²) in [5, 5.41) is 0. The molecular formula is C35H62O8Si4. The lowest BCUT2D eigenvalue weighted by Crippen LogP contribution is -2.67. The van der Waals surface area contributed by atoms with Crippen molar-refractivity contribution in [3.63, 3.8) is 0 Å². The molecule has 4 saturated carbocycles. The average molecular weight is 723 g/mol. The second kappa shape index (κ2) is 12.6. The van der Waals surface area contributed by atoms with E-state index in [1.807, 2.05) is 0 Å². The van der Waals surface area contributed by atoms with E-state index >= 15 is 0 Å². The normalized spacial score (nSPS) is 55.9. The Morgan fingerprint density at radius 1 is 0.383 bits per heavy atom. The van der Waals surface area contributed by atoms with Gasteiger partial charge in [-0.2, -0.15) is 0 Å². The highest BCUT2D eigenvalue weighted by Crippen LogP contribution is 2.49. The van der Waals surface area contributed by atoms with Crippen molar-refractivity contribution in [3.05, 3.63) is 0 Å². The predicted octanol–water partition coefficient (Wildman–Crippen LogP) is 7.79. The topological polar surface area (TPSA) is 87.0 Å². The van der Waals surface area contributed by atoms with Gasteiger partial charge >= 0.3 is 34.2 Å². The van der Waals surface area contributed by atoms with Gasteiger partial charge in [0.2, 0.25) is 0 Å². The van der Waals surface area contributed by atoms with E-state index < -0.39 is 34.2 Å². The van der Waals surface area contributed by atoms with E-state index in [2.05, 4.69) is 26.2 Å². The summed E-state index contributed by atoms with van der Waals surface area (Å²) in [7, 11) is -10.4. The van der Waals surface area contributed by atoms with Crippen molar-refractivity contribution >= 4 is 34.2 Å². The molecule has 5 saturated heterocycles. The first-order valence-corrected chi connectivity index (χ1v) is 30.0. The molecule has 0 radical (unpaired) electrons. The summed E-state index contributed by atoms with van der Waals surface area (Å²) in [6.07, 6.45) is 22.7. The zero-order chi connectivity index (χ0) is 32.0. The molecule has 0 N–H and O–H groups in total. The molecule has 0 aromatic rings. The summed E-state index contributed by atoms with van der Waals surface area (Å²) in [4.78, 5) is 0. The van der Waals surface area contributed by atoms with Crippen LogP contribution in [0.25, 0.3) is 0 Å². The Bertz CT molecular complexity index is 1120. The van der Waals surface area contributed by atoms with Crippen molar-refractivity contribution in [2.75, 3.05) is 0 Å². The summed E-state index contributed by atoms with van der Waals surface area (Å²) in [6.45, 7) is 9.58. The molecular weight excluding hydrogens is 661 g/mol. The van der Waals surface area contributed by atoms with Gasteiger partial charge in [0.15, 0.2) is 0 Å². The summed E-state index contributed by atoms with van der Waals surface area (Å²) in [5.74, 6) is 2.84. The van der Waals surface area contributed by atoms with E-state index in [-0.39, 0.29) is 0 Å². The molecule has 0 aromatic carbocycles. The molecule has 47 heavy (non-hydrogen) atoms. The van der Waals surface area contributed by atoms with Gasteiger partial charge in [-0.25, -0.2) is 0 Å². The second-order valence-corrected chi connectivity index (χ2v) is 32.6. The molecule has 9 fully saturated rings. The summed E-state index contributed by atoms with van der Waals surface area (Å²) < 4.78 is 54.3. The zero-order valence-electron chi connectivity index (χ0n) is 29.6. The van der Waals surface area contributed by atoms with Gasteiger partial charge in [-0.15, -0.1) is 0 Å². The molecule has 266 valence electrons. The van der Waals surface area contributed by atoms with E-state index in [4.69, 9.17) is 35.4 Å². The number of epoxide rings is 4. The quantitative estimate of drug-likeness (QED) is 0.149. The number of rotatable bonds is 12. The van der Waals surface area contributed by atoms with Crippen molar-refractivity contribution in [2.24, 2.45) is 23.7 Å². The van der Waals surface area contributed by atoms with Gasteiger partial charge in [0.05, 0.1) is 48.8 Å². The molecule has 8 nitrogen and oxygen atoms in total. The fourth-order valence-corrected chi connectivity index (χ4v) is 34.8. The minimum atomic E-state index is -2.60. The Hall–Kier alpha value is 0.548. The van der Waals surface area contributed by atoms with E-state index in [1.54, 1.807) is 0 Å². The first-order valence-electron chi connectivity index (χ1n) is 19.9. The zero-order valence-corrected chi connectivity index (χ0v) is 33.6. The lowest BCUT2D eigenvalue weighted by molar-refractivity contribution is 0.209. The first kappa shape index (κ1) is 33.4. The number of hydrogen-bond acceptors (Lipinski definition) is 8. The molecule has 9 aliphatic rings. The van der Waals surface area contributed by atoms with E-state index in [1.165, 1.54) is 89.9 Å². The lowest BCUT2D eigenvalue weighted by Gasteiger charge is -2.51. The third-order valence-electron chi connectivity index (χ3n) is 14.0. The monoisotopic (exact) mass is 722 g/mol. The van der Waals surface area contributed by atoms with Gasteiger partial charge in [-0.05, 0) is 170 Å². The van der Waals surface area contributed by atoms with E-state index in [0.717, 1.165) is 48.4 Å². The molecule has 5 aliphatic heterocycles. The van der Waals surface area contributed by atoms with Crippen LogP contribution in [-0.2, 0) is 35.4 Å². The van der Waals surface area contributed by atoms with Gasteiger partial charge in [0.1, 0.15) is 0 Å². The van der Waals surface area contributed by atoms with Crippen LogP contribution in [0.3, 0.4) is 0 Å².